The Kier molecular flexibility index (Phi) is 6.44. The van der Waals surface area contributed by atoms with Gasteiger partial charge in [-0.2, -0.15) is 0 Å². The second kappa shape index (κ2) is 8.94. The summed E-state index contributed by atoms with van der Waals surface area (Å²) in [5.74, 6) is 1.49. The molecule has 2 nitrogen and oxygen atoms in total. The van der Waals surface area contributed by atoms with Crippen molar-refractivity contribution in [2.45, 2.75) is 65.4 Å². The zero-order valence-corrected chi connectivity index (χ0v) is 20.7. The van der Waals surface area contributed by atoms with Crippen molar-refractivity contribution < 1.29 is 9.53 Å². The van der Waals surface area contributed by atoms with Crippen LogP contribution in [0.2, 0.25) is 0 Å². The normalized spacial score (nSPS) is 20.7. The number of carbonyl (C=O) groups excluding carboxylic acids is 1. The molecule has 0 aromatic heterocycles. The molecule has 1 fully saturated rings. The molecule has 3 heteroatoms. The Bertz CT molecular complexity index is 1090. The van der Waals surface area contributed by atoms with Crippen molar-refractivity contribution in [1.82, 2.24) is 0 Å². The number of hydrogen-bond acceptors (Lipinski definition) is 2. The Morgan fingerprint density at radius 2 is 1.68 bits per heavy atom. The monoisotopic (exact) mass is 480 g/mol. The van der Waals surface area contributed by atoms with Crippen LogP contribution in [-0.4, -0.2) is 5.97 Å². The van der Waals surface area contributed by atoms with Gasteiger partial charge >= 0.3 is 5.97 Å². The molecule has 0 spiro atoms. The van der Waals surface area contributed by atoms with Crippen molar-refractivity contribution in [3.63, 3.8) is 0 Å². The van der Waals surface area contributed by atoms with Gasteiger partial charge in [-0.25, -0.2) is 0 Å². The minimum Gasteiger partial charge on any atom is -0.455 e. The van der Waals surface area contributed by atoms with E-state index in [4.69, 9.17) is 4.74 Å². The summed E-state index contributed by atoms with van der Waals surface area (Å²) in [4.78, 5) is 13.0. The van der Waals surface area contributed by atoms with Gasteiger partial charge in [-0.05, 0) is 88.8 Å². The van der Waals surface area contributed by atoms with Crippen LogP contribution in [0, 0.1) is 17.8 Å². The topological polar surface area (TPSA) is 26.3 Å². The van der Waals surface area contributed by atoms with Crippen LogP contribution in [0.3, 0.4) is 0 Å². The summed E-state index contributed by atoms with van der Waals surface area (Å²) in [6.45, 7) is 8.61. The Morgan fingerprint density at radius 1 is 1.00 bits per heavy atom. The number of ether oxygens (including phenoxy) is 1. The maximum atomic E-state index is 13.0. The van der Waals surface area contributed by atoms with E-state index in [1.807, 2.05) is 13.8 Å². The number of rotatable bonds is 5. The second-order valence-electron chi connectivity index (χ2n) is 9.74. The highest BCUT2D eigenvalue weighted by Crippen LogP contribution is 2.40. The Balaban J connectivity index is 1.55. The SMILES string of the molecule is CCC(C)C1CCC(C(=O)OC(C)(C)c2ccc3c(ccc4ccccc43)c2Br)CC1. The van der Waals surface area contributed by atoms with Crippen molar-refractivity contribution in [2.24, 2.45) is 17.8 Å². The van der Waals surface area contributed by atoms with Crippen molar-refractivity contribution in [1.29, 1.82) is 0 Å². The summed E-state index contributed by atoms with van der Waals surface area (Å²) in [6, 6.07) is 17.0. The van der Waals surface area contributed by atoms with Gasteiger partial charge in [0.2, 0.25) is 0 Å². The first-order valence-electron chi connectivity index (χ1n) is 11.6. The van der Waals surface area contributed by atoms with Crippen LogP contribution in [0.4, 0.5) is 0 Å². The lowest BCUT2D eigenvalue weighted by molar-refractivity contribution is -0.164. The van der Waals surface area contributed by atoms with Crippen molar-refractivity contribution in [3.8, 4) is 0 Å². The van der Waals surface area contributed by atoms with E-state index in [0.717, 1.165) is 52.9 Å². The first-order valence-corrected chi connectivity index (χ1v) is 12.4. The molecule has 0 heterocycles. The molecule has 1 aliphatic carbocycles. The highest BCUT2D eigenvalue weighted by atomic mass is 79.9. The molecule has 31 heavy (non-hydrogen) atoms. The van der Waals surface area contributed by atoms with Gasteiger partial charge in [-0.1, -0.05) is 68.8 Å². The molecule has 0 amide bonds. The Morgan fingerprint density at radius 3 is 2.39 bits per heavy atom. The molecule has 0 aliphatic heterocycles. The fraction of sp³-hybridized carbons (Fsp3) is 0.464. The van der Waals surface area contributed by atoms with Gasteiger partial charge in [-0.3, -0.25) is 4.79 Å². The first-order chi connectivity index (χ1) is 14.8. The molecule has 0 bridgehead atoms. The number of esters is 1. The third kappa shape index (κ3) is 4.39. The van der Waals surface area contributed by atoms with Crippen LogP contribution in [0.15, 0.2) is 53.0 Å². The highest BCUT2D eigenvalue weighted by Gasteiger charge is 2.34. The number of halogens is 1. The molecule has 3 aromatic carbocycles. The number of benzene rings is 3. The molecule has 1 atom stereocenters. The van der Waals surface area contributed by atoms with Crippen molar-refractivity contribution >= 4 is 43.4 Å². The molecule has 164 valence electrons. The molecule has 4 rings (SSSR count). The van der Waals surface area contributed by atoms with E-state index in [2.05, 4.69) is 78.3 Å². The van der Waals surface area contributed by atoms with Gasteiger partial charge in [0.25, 0.3) is 0 Å². The lowest BCUT2D eigenvalue weighted by Gasteiger charge is -2.34. The fourth-order valence-electron chi connectivity index (χ4n) is 5.16. The summed E-state index contributed by atoms with van der Waals surface area (Å²) in [5, 5.41) is 4.82. The number of hydrogen-bond donors (Lipinski definition) is 0. The molecule has 1 saturated carbocycles. The third-order valence-electron chi connectivity index (χ3n) is 7.42. The smallest absolute Gasteiger partial charge is 0.309 e. The van der Waals surface area contributed by atoms with E-state index in [-0.39, 0.29) is 11.9 Å². The summed E-state index contributed by atoms with van der Waals surface area (Å²) in [5.41, 5.74) is 0.320. The minimum atomic E-state index is -0.691. The summed E-state index contributed by atoms with van der Waals surface area (Å²) >= 11 is 3.83. The van der Waals surface area contributed by atoms with Crippen LogP contribution >= 0.6 is 15.9 Å². The zero-order valence-electron chi connectivity index (χ0n) is 19.1. The summed E-state index contributed by atoms with van der Waals surface area (Å²) in [7, 11) is 0. The molecule has 0 N–H and O–H groups in total. The molecule has 0 saturated heterocycles. The van der Waals surface area contributed by atoms with Gasteiger partial charge in [0, 0.05) is 10.0 Å². The second-order valence-corrected chi connectivity index (χ2v) is 10.5. The molecular weight excluding hydrogens is 448 g/mol. The van der Waals surface area contributed by atoms with E-state index in [9.17, 15) is 4.79 Å². The maximum Gasteiger partial charge on any atom is 0.309 e. The molecular formula is C28H33BrO2. The largest absolute Gasteiger partial charge is 0.455 e. The third-order valence-corrected chi connectivity index (χ3v) is 8.27. The van der Waals surface area contributed by atoms with Gasteiger partial charge < -0.3 is 4.74 Å². The van der Waals surface area contributed by atoms with Crippen molar-refractivity contribution in [2.75, 3.05) is 0 Å². The quantitative estimate of drug-likeness (QED) is 0.270. The predicted molar refractivity (Wildman–Crippen MR) is 133 cm³/mol. The van der Waals surface area contributed by atoms with Gasteiger partial charge in [0.1, 0.15) is 5.60 Å². The summed E-state index contributed by atoms with van der Waals surface area (Å²) in [6.07, 6.45) is 5.41. The van der Waals surface area contributed by atoms with Gasteiger partial charge in [0.05, 0.1) is 5.92 Å². The average Bonchev–Trinajstić information content (AvgIpc) is 2.78. The van der Waals surface area contributed by atoms with Gasteiger partial charge in [0.15, 0.2) is 0 Å². The van der Waals surface area contributed by atoms with Crippen LogP contribution < -0.4 is 0 Å². The van der Waals surface area contributed by atoms with E-state index < -0.39 is 5.60 Å². The molecule has 1 aliphatic rings. The lowest BCUT2D eigenvalue weighted by Crippen LogP contribution is -2.32. The maximum absolute atomic E-state index is 13.0. The first kappa shape index (κ1) is 22.3. The molecule has 3 aromatic rings. The average molecular weight is 481 g/mol. The van der Waals surface area contributed by atoms with Crippen LogP contribution in [0.5, 0.6) is 0 Å². The molecule has 1 unspecified atom stereocenters. The lowest BCUT2D eigenvalue weighted by atomic mass is 9.75. The number of carbonyl (C=O) groups is 1. The van der Waals surface area contributed by atoms with E-state index in [1.165, 1.54) is 22.6 Å². The Labute approximate surface area is 194 Å². The van der Waals surface area contributed by atoms with E-state index >= 15 is 0 Å². The van der Waals surface area contributed by atoms with Crippen LogP contribution in [0.25, 0.3) is 21.5 Å². The number of fused-ring (bicyclic) bond motifs is 3. The fourth-order valence-corrected chi connectivity index (χ4v) is 6.12. The van der Waals surface area contributed by atoms with Crippen LogP contribution in [-0.2, 0) is 15.1 Å². The summed E-state index contributed by atoms with van der Waals surface area (Å²) < 4.78 is 7.14. The van der Waals surface area contributed by atoms with E-state index in [1.54, 1.807) is 0 Å². The van der Waals surface area contributed by atoms with Crippen LogP contribution in [0.1, 0.15) is 65.4 Å². The minimum absolute atomic E-state index is 0.0303. The van der Waals surface area contributed by atoms with Gasteiger partial charge in [-0.15, -0.1) is 0 Å². The standard InChI is InChI=1S/C28H33BrO2/c1-5-18(2)19-10-12-21(13-11-19)27(30)31-28(3,4)25-17-16-23-22-9-7-6-8-20(22)14-15-24(23)26(25)29/h6-9,14-19,21H,5,10-13H2,1-4H3. The molecule has 0 radical (unpaired) electrons. The highest BCUT2D eigenvalue weighted by molar-refractivity contribution is 9.10. The Hall–Kier alpha value is -1.87. The van der Waals surface area contributed by atoms with Crippen molar-refractivity contribution in [3.05, 3.63) is 58.6 Å². The zero-order chi connectivity index (χ0) is 22.2. The predicted octanol–water partition coefficient (Wildman–Crippen LogP) is 8.39. The van der Waals surface area contributed by atoms with E-state index in [0.29, 0.717) is 0 Å².